The largest absolute Gasteiger partial charge is 0.469 e. The molecule has 0 radical (unpaired) electrons. The molecule has 5 N–H and O–H groups in total. The Balaban J connectivity index is 1.49. The van der Waals surface area contributed by atoms with Crippen molar-refractivity contribution in [2.45, 2.75) is 70.6 Å². The van der Waals surface area contributed by atoms with Crippen molar-refractivity contribution in [3.05, 3.63) is 82.5 Å². The van der Waals surface area contributed by atoms with E-state index in [-0.39, 0.29) is 48.0 Å². The van der Waals surface area contributed by atoms with Crippen LogP contribution in [-0.2, 0) is 28.0 Å². The Morgan fingerprint density at radius 3 is 2.65 bits per heavy atom. The van der Waals surface area contributed by atoms with Crippen molar-refractivity contribution < 1.29 is 37.8 Å². The Kier molecular flexibility index (Phi) is 7.13. The molecule has 4 bridgehead atoms. The number of halogens is 1. The fourth-order valence-corrected chi connectivity index (χ4v) is 6.52. The van der Waals surface area contributed by atoms with Crippen LogP contribution in [0, 0.1) is 17.7 Å². The van der Waals surface area contributed by atoms with Gasteiger partial charge in [0.25, 0.3) is 0 Å². The van der Waals surface area contributed by atoms with Crippen LogP contribution in [0.25, 0.3) is 11.6 Å². The minimum atomic E-state index is -1.31. The van der Waals surface area contributed by atoms with Crippen LogP contribution in [-0.4, -0.2) is 50.4 Å². The van der Waals surface area contributed by atoms with Crippen molar-refractivity contribution in [2.24, 2.45) is 11.8 Å². The molecule has 3 aliphatic heterocycles. The quantitative estimate of drug-likeness (QED) is 0.213. The summed E-state index contributed by atoms with van der Waals surface area (Å²) in [5.74, 6) is -1.12. The fraction of sp³-hybridized carbons (Fsp3) is 0.394. The number of benzene rings is 2. The number of amides is 2. The molecule has 0 fully saturated rings. The standard InChI is InChI=1S/C33H34FN5O7/c1-14(2)24-31-39-25(30-35-18(12-40)13-44-30)27(46-31)33-19-7-6-17(34)11-21(19)37-32(33)45-23-8-5-16(9-20(23)33)10-22(28(42)38-24)36-29(43)26(41)15(3)4/h5-9,11,13-15,22,24,26,32,37,40-41H,10,12H2,1-4H3,(H,36,43)(H,38,42)/t22-,24-,26-,32+,33?/m0/s1. The number of nitrogens with one attached hydrogen (secondary N) is 3. The number of aliphatic hydroxyl groups is 2. The van der Waals surface area contributed by atoms with Gasteiger partial charge in [-0.25, -0.2) is 14.4 Å². The van der Waals surface area contributed by atoms with E-state index in [2.05, 4.69) is 20.9 Å². The summed E-state index contributed by atoms with van der Waals surface area (Å²) in [5, 5.41) is 29.3. The smallest absolute Gasteiger partial charge is 0.249 e. The van der Waals surface area contributed by atoms with Crippen LogP contribution in [0.3, 0.4) is 0 Å². The molecule has 2 aromatic heterocycles. The van der Waals surface area contributed by atoms with Crippen molar-refractivity contribution in [1.29, 1.82) is 0 Å². The van der Waals surface area contributed by atoms with Crippen LogP contribution in [0.5, 0.6) is 5.75 Å². The lowest BCUT2D eigenvalue weighted by molar-refractivity contribution is -0.135. The van der Waals surface area contributed by atoms with Gasteiger partial charge in [-0.05, 0) is 41.2 Å². The number of oxazole rings is 2. The average molecular weight is 632 g/mol. The zero-order valence-electron chi connectivity index (χ0n) is 25.6. The summed E-state index contributed by atoms with van der Waals surface area (Å²) in [6, 6.07) is 8.08. The zero-order chi connectivity index (χ0) is 32.5. The zero-order valence-corrected chi connectivity index (χ0v) is 25.6. The third-order valence-electron chi connectivity index (χ3n) is 8.92. The minimum absolute atomic E-state index is 0.0823. The highest BCUT2D eigenvalue weighted by molar-refractivity contribution is 5.90. The van der Waals surface area contributed by atoms with E-state index in [0.29, 0.717) is 33.9 Å². The summed E-state index contributed by atoms with van der Waals surface area (Å²) in [6.07, 6.45) is -0.669. The Morgan fingerprint density at radius 2 is 1.93 bits per heavy atom. The van der Waals surface area contributed by atoms with Crippen LogP contribution >= 0.6 is 0 Å². The molecule has 0 saturated carbocycles. The first-order chi connectivity index (χ1) is 22.0. The minimum Gasteiger partial charge on any atom is -0.469 e. The molecule has 0 aliphatic carbocycles. The number of hydrogen-bond donors (Lipinski definition) is 5. The van der Waals surface area contributed by atoms with Crippen molar-refractivity contribution in [2.75, 3.05) is 5.32 Å². The lowest BCUT2D eigenvalue weighted by Crippen LogP contribution is -2.52. The van der Waals surface area contributed by atoms with Gasteiger partial charge in [0.05, 0.1) is 6.61 Å². The summed E-state index contributed by atoms with van der Waals surface area (Å²) in [5.41, 5.74) is 1.83. The number of hydrogen-bond acceptors (Lipinski definition) is 10. The normalized spacial score (nSPS) is 23.5. The van der Waals surface area contributed by atoms with E-state index < -0.39 is 47.5 Å². The maximum absolute atomic E-state index is 14.6. The van der Waals surface area contributed by atoms with E-state index >= 15 is 0 Å². The monoisotopic (exact) mass is 631 g/mol. The number of rotatable bonds is 6. The SMILES string of the molecule is CC(C)[C@H](O)C(=O)N[C@H]1Cc2ccc3c(c2)C2(c4ccc(F)cc4N[C@@H]2O3)c2oc(nc2-c2nc(CO)co2)[C@H](C(C)C)NC1=O. The Labute approximate surface area is 263 Å². The van der Waals surface area contributed by atoms with Gasteiger partial charge in [-0.15, -0.1) is 0 Å². The Bertz CT molecular complexity index is 1850. The summed E-state index contributed by atoms with van der Waals surface area (Å²) >= 11 is 0. The van der Waals surface area contributed by atoms with Crippen LogP contribution in [0.15, 0.2) is 51.5 Å². The van der Waals surface area contributed by atoms with Crippen molar-refractivity contribution in [1.82, 2.24) is 20.6 Å². The van der Waals surface area contributed by atoms with Gasteiger partial charge in [0.2, 0.25) is 23.6 Å². The first-order valence-electron chi connectivity index (χ1n) is 15.2. The maximum atomic E-state index is 14.6. The van der Waals surface area contributed by atoms with Gasteiger partial charge in [-0.2, -0.15) is 0 Å². The molecule has 46 heavy (non-hydrogen) atoms. The molecule has 3 aliphatic rings. The van der Waals surface area contributed by atoms with Crippen LogP contribution in [0.2, 0.25) is 0 Å². The predicted molar refractivity (Wildman–Crippen MR) is 161 cm³/mol. The second kappa shape index (κ2) is 11.0. The van der Waals surface area contributed by atoms with E-state index in [0.717, 1.165) is 0 Å². The molecular weight excluding hydrogens is 597 g/mol. The number of ether oxygens (including phenoxy) is 1. The summed E-state index contributed by atoms with van der Waals surface area (Å²) in [7, 11) is 0. The number of nitrogens with zero attached hydrogens (tertiary/aromatic N) is 2. The molecule has 0 saturated heterocycles. The van der Waals surface area contributed by atoms with Crippen LogP contribution in [0.4, 0.5) is 10.1 Å². The molecule has 1 unspecified atom stereocenters. The average Bonchev–Trinajstić information content (AvgIpc) is 3.79. The molecule has 12 nitrogen and oxygen atoms in total. The van der Waals surface area contributed by atoms with E-state index in [4.69, 9.17) is 18.6 Å². The van der Waals surface area contributed by atoms with E-state index in [1.807, 2.05) is 26.0 Å². The highest BCUT2D eigenvalue weighted by Crippen LogP contribution is 2.59. The summed E-state index contributed by atoms with van der Waals surface area (Å²) in [6.45, 7) is 6.84. The molecule has 13 heteroatoms. The molecule has 5 atom stereocenters. The number of fused-ring (bicyclic) bond motifs is 4. The van der Waals surface area contributed by atoms with E-state index in [1.165, 1.54) is 18.4 Å². The number of aliphatic hydroxyl groups excluding tert-OH is 2. The van der Waals surface area contributed by atoms with Gasteiger partial charge in [-0.1, -0.05) is 45.9 Å². The maximum Gasteiger partial charge on any atom is 0.249 e. The topological polar surface area (TPSA) is 172 Å². The fourth-order valence-electron chi connectivity index (χ4n) is 6.52. The van der Waals surface area contributed by atoms with Crippen molar-refractivity contribution >= 4 is 17.5 Å². The molecule has 7 rings (SSSR count). The van der Waals surface area contributed by atoms with Gasteiger partial charge in [0.15, 0.2) is 17.7 Å². The molecule has 1 spiro atoms. The molecule has 5 heterocycles. The molecule has 2 aromatic carbocycles. The van der Waals surface area contributed by atoms with Crippen LogP contribution in [0.1, 0.15) is 67.8 Å². The van der Waals surface area contributed by atoms with Crippen molar-refractivity contribution in [3.63, 3.8) is 0 Å². The molecule has 4 aromatic rings. The molecule has 2 amide bonds. The highest BCUT2D eigenvalue weighted by Gasteiger charge is 2.61. The van der Waals surface area contributed by atoms with E-state index in [9.17, 15) is 24.2 Å². The summed E-state index contributed by atoms with van der Waals surface area (Å²) in [4.78, 5) is 36.2. The van der Waals surface area contributed by atoms with Gasteiger partial charge in [0, 0.05) is 17.7 Å². The first kappa shape index (κ1) is 29.9. The number of carbonyl (C=O) groups excluding carboxylic acids is 2. The van der Waals surface area contributed by atoms with Crippen molar-refractivity contribution in [3.8, 4) is 17.3 Å². The number of carbonyl (C=O) groups is 2. The first-order valence-corrected chi connectivity index (χ1v) is 15.2. The molecule has 240 valence electrons. The van der Waals surface area contributed by atoms with Crippen LogP contribution < -0.4 is 20.7 Å². The van der Waals surface area contributed by atoms with Gasteiger partial charge >= 0.3 is 0 Å². The Morgan fingerprint density at radius 1 is 1.13 bits per heavy atom. The number of anilines is 1. The second-order valence-electron chi connectivity index (χ2n) is 12.7. The highest BCUT2D eigenvalue weighted by atomic mass is 19.1. The van der Waals surface area contributed by atoms with Gasteiger partial charge in [-0.3, -0.25) is 9.59 Å². The number of aromatic nitrogens is 2. The lowest BCUT2D eigenvalue weighted by Gasteiger charge is -2.29. The summed E-state index contributed by atoms with van der Waals surface area (Å²) < 4.78 is 33.5. The third kappa shape index (κ3) is 4.56. The predicted octanol–water partition coefficient (Wildman–Crippen LogP) is 3.31. The second-order valence-corrected chi connectivity index (χ2v) is 12.7. The van der Waals surface area contributed by atoms with E-state index in [1.54, 1.807) is 26.0 Å². The van der Waals surface area contributed by atoms with Gasteiger partial charge in [0.1, 0.15) is 47.1 Å². The van der Waals surface area contributed by atoms with Gasteiger partial charge < -0.3 is 39.7 Å². The Hall–Kier alpha value is -4.75. The third-order valence-corrected chi connectivity index (χ3v) is 8.92. The molecular formula is C33H34FN5O7. The lowest BCUT2D eigenvalue weighted by atomic mass is 9.72.